The Morgan fingerprint density at radius 3 is 2.64 bits per heavy atom. The first-order valence-corrected chi connectivity index (χ1v) is 8.06. The second-order valence-electron chi connectivity index (χ2n) is 7.10. The van der Waals surface area contributed by atoms with E-state index in [2.05, 4.69) is 0 Å². The van der Waals surface area contributed by atoms with Crippen LogP contribution < -0.4 is 0 Å². The highest BCUT2D eigenvalue weighted by Crippen LogP contribution is 2.23. The van der Waals surface area contributed by atoms with Crippen LogP contribution in [0.15, 0.2) is 24.3 Å². The lowest BCUT2D eigenvalue weighted by Gasteiger charge is -2.34. The van der Waals surface area contributed by atoms with E-state index in [0.717, 1.165) is 44.3 Å². The van der Waals surface area contributed by atoms with Gasteiger partial charge >= 0.3 is 6.09 Å². The van der Waals surface area contributed by atoms with Gasteiger partial charge in [0.1, 0.15) is 11.4 Å². The van der Waals surface area contributed by atoms with Crippen molar-refractivity contribution in [2.75, 3.05) is 13.1 Å². The minimum atomic E-state index is -0.446. The molecule has 1 atom stereocenters. The van der Waals surface area contributed by atoms with Crippen LogP contribution in [-0.2, 0) is 11.2 Å². The van der Waals surface area contributed by atoms with Crippen LogP contribution in [0.4, 0.5) is 9.18 Å². The van der Waals surface area contributed by atoms with Crippen LogP contribution in [0.1, 0.15) is 45.6 Å². The Labute approximate surface area is 132 Å². The van der Waals surface area contributed by atoms with Gasteiger partial charge in [-0.25, -0.2) is 9.18 Å². The molecule has 1 aliphatic rings. The van der Waals surface area contributed by atoms with E-state index < -0.39 is 5.60 Å². The van der Waals surface area contributed by atoms with E-state index in [1.165, 1.54) is 12.1 Å². The summed E-state index contributed by atoms with van der Waals surface area (Å²) in [6.07, 6.45) is 3.89. The number of carbonyl (C=O) groups excluding carboxylic acids is 1. The van der Waals surface area contributed by atoms with Gasteiger partial charge < -0.3 is 9.64 Å². The summed E-state index contributed by atoms with van der Waals surface area (Å²) in [5.41, 5.74) is 0.703. The minimum absolute atomic E-state index is 0.197. The number of piperidine rings is 1. The van der Waals surface area contributed by atoms with E-state index >= 15 is 0 Å². The molecule has 0 spiro atoms. The van der Waals surface area contributed by atoms with Crippen molar-refractivity contribution in [3.05, 3.63) is 35.6 Å². The van der Waals surface area contributed by atoms with Gasteiger partial charge in [0.25, 0.3) is 0 Å². The van der Waals surface area contributed by atoms with E-state index in [-0.39, 0.29) is 11.9 Å². The Morgan fingerprint density at radius 2 is 2.00 bits per heavy atom. The maximum atomic E-state index is 12.9. The molecule has 4 heteroatoms. The normalized spacial score (nSPS) is 19.1. The second-order valence-corrected chi connectivity index (χ2v) is 7.10. The Hall–Kier alpha value is -1.58. The largest absolute Gasteiger partial charge is 0.444 e. The van der Waals surface area contributed by atoms with E-state index in [9.17, 15) is 9.18 Å². The molecule has 1 heterocycles. The molecule has 0 bridgehead atoms. The van der Waals surface area contributed by atoms with Gasteiger partial charge in [0.05, 0.1) is 0 Å². The number of aryl methyl sites for hydroxylation is 1. The first-order valence-electron chi connectivity index (χ1n) is 8.06. The molecule has 2 rings (SSSR count). The van der Waals surface area contributed by atoms with Gasteiger partial charge in [0.15, 0.2) is 0 Å². The number of nitrogens with zero attached hydrogens (tertiary/aromatic N) is 1. The number of rotatable bonds is 3. The molecule has 1 aromatic carbocycles. The Kier molecular flexibility index (Phi) is 5.43. The van der Waals surface area contributed by atoms with Crippen LogP contribution in [0.2, 0.25) is 0 Å². The highest BCUT2D eigenvalue weighted by molar-refractivity contribution is 5.68. The third-order valence-corrected chi connectivity index (χ3v) is 3.93. The summed E-state index contributed by atoms with van der Waals surface area (Å²) in [6, 6.07) is 6.68. The molecule has 1 aliphatic heterocycles. The highest BCUT2D eigenvalue weighted by Gasteiger charge is 2.27. The van der Waals surface area contributed by atoms with Gasteiger partial charge in [-0.2, -0.15) is 0 Å². The highest BCUT2D eigenvalue weighted by atomic mass is 19.1. The molecule has 22 heavy (non-hydrogen) atoms. The van der Waals surface area contributed by atoms with Gasteiger partial charge in [-0.05, 0) is 70.1 Å². The zero-order valence-corrected chi connectivity index (χ0v) is 13.8. The molecule has 0 unspecified atom stereocenters. The molecule has 0 aliphatic carbocycles. The van der Waals surface area contributed by atoms with Crippen LogP contribution in [0.3, 0.4) is 0 Å². The summed E-state index contributed by atoms with van der Waals surface area (Å²) in [7, 11) is 0. The lowest BCUT2D eigenvalue weighted by atomic mass is 9.92. The predicted molar refractivity (Wildman–Crippen MR) is 85.3 cm³/mol. The van der Waals surface area contributed by atoms with Crippen LogP contribution in [0.5, 0.6) is 0 Å². The van der Waals surface area contributed by atoms with Gasteiger partial charge in [-0.1, -0.05) is 12.1 Å². The minimum Gasteiger partial charge on any atom is -0.444 e. The summed E-state index contributed by atoms with van der Waals surface area (Å²) < 4.78 is 18.3. The number of hydrogen-bond donors (Lipinski definition) is 0. The van der Waals surface area contributed by atoms with Crippen molar-refractivity contribution in [2.24, 2.45) is 5.92 Å². The van der Waals surface area contributed by atoms with Crippen LogP contribution >= 0.6 is 0 Å². The number of amides is 1. The summed E-state index contributed by atoms with van der Waals surface area (Å²) in [6.45, 7) is 7.21. The molecular formula is C18H26FNO2. The summed E-state index contributed by atoms with van der Waals surface area (Å²) >= 11 is 0. The zero-order chi connectivity index (χ0) is 16.2. The SMILES string of the molecule is CC(C)(C)OC(=O)N1CCC[C@H](CCc2ccc(F)cc2)C1. The van der Waals surface area contributed by atoms with Crippen molar-refractivity contribution in [1.29, 1.82) is 0 Å². The fourth-order valence-corrected chi connectivity index (χ4v) is 2.81. The van der Waals surface area contributed by atoms with E-state index in [1.54, 1.807) is 0 Å². The zero-order valence-electron chi connectivity index (χ0n) is 13.8. The first-order chi connectivity index (χ1) is 10.3. The average molecular weight is 307 g/mol. The lowest BCUT2D eigenvalue weighted by molar-refractivity contribution is 0.0162. The Morgan fingerprint density at radius 1 is 1.32 bits per heavy atom. The van der Waals surface area contributed by atoms with E-state index in [1.807, 2.05) is 37.8 Å². The fourth-order valence-electron chi connectivity index (χ4n) is 2.81. The average Bonchev–Trinajstić information content (AvgIpc) is 2.45. The van der Waals surface area contributed by atoms with Crippen molar-refractivity contribution in [2.45, 2.75) is 52.1 Å². The van der Waals surface area contributed by atoms with Crippen LogP contribution in [0, 0.1) is 11.7 Å². The second kappa shape index (κ2) is 7.12. The summed E-state index contributed by atoms with van der Waals surface area (Å²) in [4.78, 5) is 14.0. The smallest absolute Gasteiger partial charge is 0.410 e. The summed E-state index contributed by atoms with van der Waals surface area (Å²) in [5.74, 6) is 0.295. The van der Waals surface area contributed by atoms with E-state index in [4.69, 9.17) is 4.74 Å². The third-order valence-electron chi connectivity index (χ3n) is 3.93. The molecule has 0 aromatic heterocycles. The van der Waals surface area contributed by atoms with Crippen molar-refractivity contribution >= 4 is 6.09 Å². The van der Waals surface area contributed by atoms with Crippen molar-refractivity contribution in [1.82, 2.24) is 4.90 Å². The number of hydrogen-bond acceptors (Lipinski definition) is 2. The molecular weight excluding hydrogens is 281 g/mol. The maximum Gasteiger partial charge on any atom is 0.410 e. The Balaban J connectivity index is 1.82. The van der Waals surface area contributed by atoms with Gasteiger partial charge in [0, 0.05) is 13.1 Å². The Bertz CT molecular complexity index is 493. The third kappa shape index (κ3) is 5.32. The van der Waals surface area contributed by atoms with E-state index in [0.29, 0.717) is 5.92 Å². The summed E-state index contributed by atoms with van der Waals surface area (Å²) in [5, 5.41) is 0. The van der Waals surface area contributed by atoms with Crippen molar-refractivity contribution in [3.8, 4) is 0 Å². The number of carbonyl (C=O) groups is 1. The molecule has 1 saturated heterocycles. The monoisotopic (exact) mass is 307 g/mol. The molecule has 1 amide bonds. The molecule has 0 radical (unpaired) electrons. The fraction of sp³-hybridized carbons (Fsp3) is 0.611. The van der Waals surface area contributed by atoms with Gasteiger partial charge in [-0.3, -0.25) is 0 Å². The number of ether oxygens (including phenoxy) is 1. The predicted octanol–water partition coefficient (Wildman–Crippen LogP) is 4.41. The molecule has 1 fully saturated rings. The van der Waals surface area contributed by atoms with Crippen LogP contribution in [-0.4, -0.2) is 29.7 Å². The number of benzene rings is 1. The molecule has 0 saturated carbocycles. The number of likely N-dealkylation sites (tertiary alicyclic amines) is 1. The van der Waals surface area contributed by atoms with Crippen molar-refractivity contribution < 1.29 is 13.9 Å². The molecule has 0 N–H and O–H groups in total. The van der Waals surface area contributed by atoms with Gasteiger partial charge in [0.2, 0.25) is 0 Å². The van der Waals surface area contributed by atoms with Crippen molar-refractivity contribution in [3.63, 3.8) is 0 Å². The first kappa shape index (κ1) is 16.8. The molecule has 1 aromatic rings. The van der Waals surface area contributed by atoms with Crippen LogP contribution in [0.25, 0.3) is 0 Å². The lowest BCUT2D eigenvalue weighted by Crippen LogP contribution is -2.42. The topological polar surface area (TPSA) is 29.5 Å². The van der Waals surface area contributed by atoms with Gasteiger partial charge in [-0.15, -0.1) is 0 Å². The molecule has 3 nitrogen and oxygen atoms in total. The quantitative estimate of drug-likeness (QED) is 0.828. The number of halogens is 1. The maximum absolute atomic E-state index is 12.9. The standard InChI is InChI=1S/C18H26FNO2/c1-18(2,3)22-17(21)20-12-4-5-15(13-20)7-6-14-8-10-16(19)11-9-14/h8-11,15H,4-7,12-13H2,1-3H3/t15-/m1/s1. The molecule has 122 valence electrons.